The second-order valence-electron chi connectivity index (χ2n) is 11.6. The Morgan fingerprint density at radius 2 is 1.97 bits per heavy atom. The molecule has 7 atom stereocenters. The number of nitrogens with one attached hydrogen (secondary N) is 1. The molecule has 2 amide bonds. The highest BCUT2D eigenvalue weighted by Gasteiger charge is 2.60. The van der Waals surface area contributed by atoms with Gasteiger partial charge in [0.1, 0.15) is 0 Å². The molecule has 4 aliphatic rings. The van der Waals surface area contributed by atoms with Gasteiger partial charge in [-0.2, -0.15) is 0 Å². The average Bonchev–Trinajstić information content (AvgIpc) is 3.13. The van der Waals surface area contributed by atoms with Gasteiger partial charge in [-0.3, -0.25) is 14.6 Å². The summed E-state index contributed by atoms with van der Waals surface area (Å²) < 4.78 is 42.3. The molecular weight excluding hydrogens is 471 g/mol. The van der Waals surface area contributed by atoms with Gasteiger partial charge in [0.15, 0.2) is 5.75 Å². The SMILES string of the molecule is CN1C(=O)C=C[C@]2(C)[C@H]3CC[C@]4(C)[C@@H](CC(=O)Nc5ccncc5OC(F)(F)F)CC[C@H]4[C@@H]3CC[C@@H]12. The van der Waals surface area contributed by atoms with E-state index in [1.807, 2.05) is 11.9 Å². The lowest BCUT2D eigenvalue weighted by Crippen LogP contribution is -2.59. The Bertz CT molecular complexity index is 1080. The fraction of sp³-hybridized carbons (Fsp3) is 0.667. The maximum atomic E-state index is 13.0. The van der Waals surface area contributed by atoms with E-state index in [-0.39, 0.29) is 46.7 Å². The van der Waals surface area contributed by atoms with E-state index in [4.69, 9.17) is 0 Å². The number of nitrogens with zero attached hydrogens (tertiary/aromatic N) is 2. The van der Waals surface area contributed by atoms with Crippen LogP contribution in [0.3, 0.4) is 0 Å². The smallest absolute Gasteiger partial charge is 0.402 e. The molecule has 196 valence electrons. The van der Waals surface area contributed by atoms with Gasteiger partial charge < -0.3 is 15.0 Å². The van der Waals surface area contributed by atoms with Crippen molar-refractivity contribution in [1.29, 1.82) is 0 Å². The third-order valence-corrected chi connectivity index (χ3v) is 10.0. The molecule has 5 rings (SSSR count). The number of hydrogen-bond acceptors (Lipinski definition) is 4. The molecule has 3 saturated carbocycles. The van der Waals surface area contributed by atoms with Crippen LogP contribution >= 0.6 is 0 Å². The predicted octanol–water partition coefficient (Wildman–Crippen LogP) is 5.56. The summed E-state index contributed by atoms with van der Waals surface area (Å²) in [6.45, 7) is 4.62. The van der Waals surface area contributed by atoms with Crippen molar-refractivity contribution in [1.82, 2.24) is 9.88 Å². The van der Waals surface area contributed by atoms with Crippen LogP contribution in [0.25, 0.3) is 0 Å². The molecule has 1 aromatic heterocycles. The highest BCUT2D eigenvalue weighted by Crippen LogP contribution is 2.66. The van der Waals surface area contributed by atoms with E-state index >= 15 is 0 Å². The van der Waals surface area contributed by atoms with Crippen LogP contribution in [0, 0.1) is 34.5 Å². The van der Waals surface area contributed by atoms with Crippen LogP contribution in [0.15, 0.2) is 30.6 Å². The maximum absolute atomic E-state index is 13.0. The minimum atomic E-state index is -4.86. The minimum Gasteiger partial charge on any atom is -0.402 e. The molecule has 2 heterocycles. The van der Waals surface area contributed by atoms with Crippen LogP contribution in [0.4, 0.5) is 18.9 Å². The van der Waals surface area contributed by atoms with Crippen molar-refractivity contribution in [2.45, 2.75) is 71.2 Å². The summed E-state index contributed by atoms with van der Waals surface area (Å²) in [5, 5.41) is 2.63. The summed E-state index contributed by atoms with van der Waals surface area (Å²) in [5.74, 6) is 1.02. The summed E-state index contributed by atoms with van der Waals surface area (Å²) in [4.78, 5) is 30.9. The van der Waals surface area contributed by atoms with Crippen LogP contribution < -0.4 is 10.1 Å². The van der Waals surface area contributed by atoms with Crippen molar-refractivity contribution in [3.8, 4) is 5.75 Å². The zero-order valence-electron chi connectivity index (χ0n) is 21.0. The molecule has 1 aromatic rings. The number of aromatic nitrogens is 1. The topological polar surface area (TPSA) is 71.5 Å². The molecule has 1 aliphatic heterocycles. The summed E-state index contributed by atoms with van der Waals surface area (Å²) in [5.41, 5.74) is -0.0334. The van der Waals surface area contributed by atoms with E-state index in [9.17, 15) is 22.8 Å². The summed E-state index contributed by atoms with van der Waals surface area (Å²) in [6.07, 6.45) is 7.75. The molecule has 0 radical (unpaired) electrons. The first kappa shape index (κ1) is 25.1. The monoisotopic (exact) mass is 505 g/mol. The van der Waals surface area contributed by atoms with Crippen molar-refractivity contribution < 1.29 is 27.5 Å². The number of carbonyl (C=O) groups is 2. The first-order chi connectivity index (χ1) is 16.9. The lowest BCUT2D eigenvalue weighted by atomic mass is 9.47. The van der Waals surface area contributed by atoms with Gasteiger partial charge in [-0.1, -0.05) is 19.9 Å². The molecule has 1 N–H and O–H groups in total. The van der Waals surface area contributed by atoms with Gasteiger partial charge >= 0.3 is 6.36 Å². The number of carbonyl (C=O) groups excluding carboxylic acids is 2. The fourth-order valence-corrected chi connectivity index (χ4v) is 8.30. The Morgan fingerprint density at radius 3 is 2.72 bits per heavy atom. The van der Waals surface area contributed by atoms with Gasteiger partial charge in [0, 0.05) is 31.1 Å². The Kier molecular flexibility index (Phi) is 6.11. The zero-order valence-corrected chi connectivity index (χ0v) is 21.0. The molecular formula is C27H34F3N3O3. The Balaban J connectivity index is 1.29. The number of pyridine rings is 1. The normalized spacial score (nSPS) is 37.7. The number of alkyl halides is 3. The standard InChI is InChI=1S/C27H34F3N3O3/c1-25-11-8-19-17(5-7-22-26(19,2)12-9-24(35)33(22)3)18(25)6-4-16(25)14-23(34)32-20-10-13-31-15-21(20)36-27(28,29)30/h9-10,12-13,15-19,22H,4-8,11,14H2,1-3H3,(H,31,32,34)/t16-,17+,18+,19+,22-,25-,26-/m1/s1. The van der Waals surface area contributed by atoms with E-state index in [1.54, 1.807) is 6.08 Å². The van der Waals surface area contributed by atoms with Crippen molar-refractivity contribution in [2.75, 3.05) is 12.4 Å². The van der Waals surface area contributed by atoms with Crippen molar-refractivity contribution >= 4 is 17.5 Å². The quantitative estimate of drug-likeness (QED) is 0.581. The molecule has 3 fully saturated rings. The van der Waals surface area contributed by atoms with E-state index < -0.39 is 12.1 Å². The van der Waals surface area contributed by atoms with Crippen LogP contribution in [-0.2, 0) is 9.59 Å². The fourth-order valence-electron chi connectivity index (χ4n) is 8.30. The summed E-state index contributed by atoms with van der Waals surface area (Å²) in [6, 6.07) is 1.55. The van der Waals surface area contributed by atoms with E-state index in [0.717, 1.165) is 44.7 Å². The third-order valence-electron chi connectivity index (χ3n) is 10.0. The number of ether oxygens (including phenoxy) is 1. The van der Waals surface area contributed by atoms with Gasteiger partial charge in [0.25, 0.3) is 0 Å². The number of likely N-dealkylation sites (N-methyl/N-ethyl adjacent to an activating group) is 1. The van der Waals surface area contributed by atoms with Gasteiger partial charge in [0.2, 0.25) is 11.8 Å². The zero-order chi connectivity index (χ0) is 25.9. The molecule has 6 nitrogen and oxygen atoms in total. The Morgan fingerprint density at radius 1 is 1.19 bits per heavy atom. The first-order valence-corrected chi connectivity index (χ1v) is 12.9. The minimum absolute atomic E-state index is 0.0192. The molecule has 0 saturated heterocycles. The number of halogens is 3. The Labute approximate surface area is 209 Å². The van der Waals surface area contributed by atoms with Crippen LogP contribution in [-0.4, -0.2) is 41.2 Å². The molecule has 36 heavy (non-hydrogen) atoms. The lowest BCUT2D eigenvalue weighted by Gasteiger charge is -2.60. The molecule has 0 aromatic carbocycles. The summed E-state index contributed by atoms with van der Waals surface area (Å²) >= 11 is 0. The van der Waals surface area contributed by atoms with Gasteiger partial charge in [0.05, 0.1) is 11.9 Å². The van der Waals surface area contributed by atoms with Crippen LogP contribution in [0.1, 0.15) is 58.8 Å². The Hall–Kier alpha value is -2.58. The van der Waals surface area contributed by atoms with E-state index in [0.29, 0.717) is 17.8 Å². The molecule has 9 heteroatoms. The number of amides is 2. The number of hydrogen-bond donors (Lipinski definition) is 1. The molecule has 0 bridgehead atoms. The average molecular weight is 506 g/mol. The van der Waals surface area contributed by atoms with Crippen molar-refractivity contribution in [2.24, 2.45) is 34.5 Å². The van der Waals surface area contributed by atoms with Gasteiger partial charge in [-0.05, 0) is 79.8 Å². The van der Waals surface area contributed by atoms with Crippen molar-refractivity contribution in [3.63, 3.8) is 0 Å². The number of fused-ring (bicyclic) bond motifs is 5. The highest BCUT2D eigenvalue weighted by atomic mass is 19.4. The molecule has 3 aliphatic carbocycles. The third kappa shape index (κ3) is 4.18. The van der Waals surface area contributed by atoms with Crippen molar-refractivity contribution in [3.05, 3.63) is 30.6 Å². The molecule has 0 spiro atoms. The van der Waals surface area contributed by atoms with Gasteiger partial charge in [-0.25, -0.2) is 0 Å². The molecule has 0 unspecified atom stereocenters. The maximum Gasteiger partial charge on any atom is 0.573 e. The first-order valence-electron chi connectivity index (χ1n) is 12.9. The van der Waals surface area contributed by atoms with E-state index in [1.165, 1.54) is 12.3 Å². The van der Waals surface area contributed by atoms with Crippen LogP contribution in [0.5, 0.6) is 5.75 Å². The van der Waals surface area contributed by atoms with E-state index in [2.05, 4.69) is 35.0 Å². The van der Waals surface area contributed by atoms with Crippen LogP contribution in [0.2, 0.25) is 0 Å². The second kappa shape index (κ2) is 8.77. The lowest BCUT2D eigenvalue weighted by molar-refractivity contribution is -0.274. The summed E-state index contributed by atoms with van der Waals surface area (Å²) in [7, 11) is 1.92. The predicted molar refractivity (Wildman–Crippen MR) is 128 cm³/mol. The number of anilines is 1. The highest BCUT2D eigenvalue weighted by molar-refractivity contribution is 5.92. The number of rotatable bonds is 4. The second-order valence-corrected chi connectivity index (χ2v) is 11.6. The van der Waals surface area contributed by atoms with Gasteiger partial charge in [-0.15, -0.1) is 13.2 Å². The largest absolute Gasteiger partial charge is 0.573 e.